The summed E-state index contributed by atoms with van der Waals surface area (Å²) in [5.41, 5.74) is 5.41. The van der Waals surface area contributed by atoms with Gasteiger partial charge in [0.05, 0.1) is 6.61 Å². The smallest absolute Gasteiger partial charge is 0.330 e. The highest BCUT2D eigenvalue weighted by Crippen LogP contribution is 2.38. The molecule has 1 aliphatic rings. The molecule has 2 aromatic rings. The number of carbonyl (C=O) groups excluding carboxylic acids is 1. The van der Waals surface area contributed by atoms with E-state index in [0.717, 1.165) is 40.7 Å². The van der Waals surface area contributed by atoms with E-state index < -0.39 is 0 Å². The van der Waals surface area contributed by atoms with Crippen molar-refractivity contribution < 1.29 is 13.9 Å². The molecule has 1 aromatic carbocycles. The summed E-state index contributed by atoms with van der Waals surface area (Å²) in [6, 6.07) is 8.21. The normalized spacial score (nSPS) is 15.9. The van der Waals surface area contributed by atoms with E-state index in [2.05, 4.69) is 31.2 Å². The first-order valence-corrected chi connectivity index (χ1v) is 10.0. The van der Waals surface area contributed by atoms with Crippen LogP contribution in [0, 0.1) is 0 Å². The minimum absolute atomic E-state index is 0.308. The monoisotopic (exact) mass is 376 g/mol. The van der Waals surface area contributed by atoms with Crippen molar-refractivity contribution in [1.29, 1.82) is 0 Å². The summed E-state index contributed by atoms with van der Waals surface area (Å²) in [5, 5.41) is 1.14. The number of hydrogen-bond donors (Lipinski definition) is 0. The van der Waals surface area contributed by atoms with Crippen molar-refractivity contribution in [2.75, 3.05) is 6.61 Å². The molecule has 1 aromatic heterocycles. The van der Waals surface area contributed by atoms with Gasteiger partial charge in [-0.25, -0.2) is 4.79 Å². The summed E-state index contributed by atoms with van der Waals surface area (Å²) < 4.78 is 11.2. The molecule has 0 saturated carbocycles. The minimum Gasteiger partial charge on any atom is -0.463 e. The largest absolute Gasteiger partial charge is 0.463 e. The Hall–Kier alpha value is -2.81. The fourth-order valence-electron chi connectivity index (χ4n) is 3.55. The Labute approximate surface area is 167 Å². The summed E-state index contributed by atoms with van der Waals surface area (Å²) in [7, 11) is 0. The van der Waals surface area contributed by atoms with E-state index in [1.807, 2.05) is 31.2 Å². The first-order valence-electron chi connectivity index (χ1n) is 10.0. The zero-order chi connectivity index (χ0) is 19.9. The van der Waals surface area contributed by atoms with Crippen LogP contribution in [0.4, 0.5) is 0 Å². The molecule has 0 fully saturated rings. The second kappa shape index (κ2) is 9.41. The van der Waals surface area contributed by atoms with Crippen molar-refractivity contribution in [2.45, 2.75) is 46.5 Å². The van der Waals surface area contributed by atoms with Crippen LogP contribution in [-0.2, 0) is 9.53 Å². The topological polar surface area (TPSA) is 39.4 Å². The van der Waals surface area contributed by atoms with E-state index in [4.69, 9.17) is 9.15 Å². The molecule has 0 unspecified atom stereocenters. The molecule has 28 heavy (non-hydrogen) atoms. The molecule has 0 aliphatic heterocycles. The predicted molar refractivity (Wildman–Crippen MR) is 116 cm³/mol. The number of carbonyl (C=O) groups is 1. The van der Waals surface area contributed by atoms with Gasteiger partial charge in [-0.2, -0.15) is 0 Å². The molecule has 0 N–H and O–H groups in total. The molecule has 0 amide bonds. The first kappa shape index (κ1) is 19.9. The van der Waals surface area contributed by atoms with Gasteiger partial charge in [-0.05, 0) is 69.2 Å². The highest BCUT2D eigenvalue weighted by atomic mass is 16.5. The van der Waals surface area contributed by atoms with Gasteiger partial charge in [-0.1, -0.05) is 42.5 Å². The van der Waals surface area contributed by atoms with Gasteiger partial charge in [0.15, 0.2) is 0 Å². The van der Waals surface area contributed by atoms with E-state index in [-0.39, 0.29) is 5.97 Å². The van der Waals surface area contributed by atoms with E-state index >= 15 is 0 Å². The molecule has 0 saturated heterocycles. The lowest BCUT2D eigenvalue weighted by Gasteiger charge is -2.12. The van der Waals surface area contributed by atoms with Crippen molar-refractivity contribution in [1.82, 2.24) is 0 Å². The van der Waals surface area contributed by atoms with Crippen LogP contribution in [0.1, 0.15) is 57.8 Å². The fourth-order valence-corrected chi connectivity index (χ4v) is 3.55. The average molecular weight is 376 g/mol. The minimum atomic E-state index is -0.308. The number of furan rings is 1. The van der Waals surface area contributed by atoms with Crippen LogP contribution in [0.25, 0.3) is 22.1 Å². The Morgan fingerprint density at radius 1 is 1.21 bits per heavy atom. The number of benzene rings is 1. The predicted octanol–water partition coefficient (Wildman–Crippen LogP) is 6.86. The number of esters is 1. The number of hydrogen-bond acceptors (Lipinski definition) is 3. The standard InChI is InChI=1S/C25H28O3/c1-4-27-23(26)17-18(2)11-10-12-19(3)24-21-15-8-9-16-22(21)28-25(24)20-13-6-5-7-14-20/h8-13,15-17H,4-7,14H2,1-3H3/b11-10+,18-17+,19-12-. The molecular formula is C25H28O3. The third-order valence-electron chi connectivity index (χ3n) is 4.91. The number of rotatable bonds is 6. The molecule has 146 valence electrons. The third-order valence-corrected chi connectivity index (χ3v) is 4.91. The highest BCUT2D eigenvalue weighted by molar-refractivity contribution is 5.96. The maximum atomic E-state index is 11.5. The summed E-state index contributed by atoms with van der Waals surface area (Å²) in [6.07, 6.45) is 14.4. The lowest BCUT2D eigenvalue weighted by Crippen LogP contribution is -1.99. The summed E-state index contributed by atoms with van der Waals surface area (Å²) in [4.78, 5) is 11.5. The Balaban J connectivity index is 1.93. The molecule has 3 nitrogen and oxygen atoms in total. The number of fused-ring (bicyclic) bond motifs is 1. The van der Waals surface area contributed by atoms with E-state index in [1.54, 1.807) is 6.92 Å². The van der Waals surface area contributed by atoms with Gasteiger partial charge in [0.1, 0.15) is 11.3 Å². The fraction of sp³-hybridized carbons (Fsp3) is 0.320. The molecule has 0 atom stereocenters. The lowest BCUT2D eigenvalue weighted by atomic mass is 9.92. The number of ether oxygens (including phenoxy) is 1. The molecular weight excluding hydrogens is 348 g/mol. The summed E-state index contributed by atoms with van der Waals surface area (Å²) in [5.74, 6) is 0.694. The Morgan fingerprint density at radius 3 is 2.79 bits per heavy atom. The Bertz CT molecular complexity index is 967. The molecule has 1 aliphatic carbocycles. The quantitative estimate of drug-likeness (QED) is 0.314. The molecule has 0 radical (unpaired) electrons. The lowest BCUT2D eigenvalue weighted by molar-refractivity contribution is -0.137. The van der Waals surface area contributed by atoms with Crippen molar-refractivity contribution in [3.05, 3.63) is 71.5 Å². The van der Waals surface area contributed by atoms with Crippen LogP contribution in [-0.4, -0.2) is 12.6 Å². The second-order valence-corrected chi connectivity index (χ2v) is 7.13. The highest BCUT2D eigenvalue weighted by Gasteiger charge is 2.19. The van der Waals surface area contributed by atoms with Gasteiger partial charge in [-0.15, -0.1) is 0 Å². The second-order valence-electron chi connectivity index (χ2n) is 7.13. The third kappa shape index (κ3) is 4.72. The van der Waals surface area contributed by atoms with E-state index in [1.165, 1.54) is 30.1 Å². The Morgan fingerprint density at radius 2 is 2.04 bits per heavy atom. The van der Waals surface area contributed by atoms with Crippen molar-refractivity contribution in [3.8, 4) is 0 Å². The summed E-state index contributed by atoms with van der Waals surface area (Å²) in [6.45, 7) is 6.19. The molecule has 1 heterocycles. The van der Waals surface area contributed by atoms with Crippen molar-refractivity contribution in [2.24, 2.45) is 0 Å². The Kier molecular flexibility index (Phi) is 6.70. The maximum Gasteiger partial charge on any atom is 0.330 e. The summed E-state index contributed by atoms with van der Waals surface area (Å²) >= 11 is 0. The van der Waals surface area contributed by atoms with Gasteiger partial charge < -0.3 is 9.15 Å². The van der Waals surface area contributed by atoms with Crippen LogP contribution in [0.3, 0.4) is 0 Å². The van der Waals surface area contributed by atoms with Crippen LogP contribution >= 0.6 is 0 Å². The molecule has 3 rings (SSSR count). The first-order chi connectivity index (χ1) is 13.6. The SMILES string of the molecule is CCOC(=O)/C=C(C)/C=C/C=C(/C)c1c(C2=CCCCC2)oc2ccccc12. The van der Waals surface area contributed by atoms with Gasteiger partial charge in [-0.3, -0.25) is 0 Å². The molecule has 0 bridgehead atoms. The number of allylic oxidation sites excluding steroid dienone is 7. The van der Waals surface area contributed by atoms with Gasteiger partial charge >= 0.3 is 5.97 Å². The van der Waals surface area contributed by atoms with Crippen LogP contribution in [0.15, 0.2) is 64.6 Å². The van der Waals surface area contributed by atoms with Crippen LogP contribution in [0.2, 0.25) is 0 Å². The van der Waals surface area contributed by atoms with Gasteiger partial charge in [0, 0.05) is 17.0 Å². The van der Waals surface area contributed by atoms with E-state index in [9.17, 15) is 4.79 Å². The zero-order valence-corrected chi connectivity index (χ0v) is 17.0. The molecule has 3 heteroatoms. The van der Waals surface area contributed by atoms with Crippen molar-refractivity contribution in [3.63, 3.8) is 0 Å². The van der Waals surface area contributed by atoms with Crippen LogP contribution in [0.5, 0.6) is 0 Å². The van der Waals surface area contributed by atoms with E-state index in [0.29, 0.717) is 6.61 Å². The van der Waals surface area contributed by atoms with Gasteiger partial charge in [0.2, 0.25) is 0 Å². The number of para-hydroxylation sites is 1. The van der Waals surface area contributed by atoms with Crippen molar-refractivity contribution >= 4 is 28.1 Å². The maximum absolute atomic E-state index is 11.5. The van der Waals surface area contributed by atoms with Crippen LogP contribution < -0.4 is 0 Å². The van der Waals surface area contributed by atoms with Gasteiger partial charge in [0.25, 0.3) is 0 Å². The molecule has 0 spiro atoms. The average Bonchev–Trinajstić information content (AvgIpc) is 3.08. The zero-order valence-electron chi connectivity index (χ0n) is 17.0.